The Hall–Kier alpha value is -2.53. The van der Waals surface area contributed by atoms with E-state index < -0.39 is 18.0 Å². The van der Waals surface area contributed by atoms with Gasteiger partial charge in [0, 0.05) is 16.6 Å². The highest BCUT2D eigenvalue weighted by molar-refractivity contribution is 6.30. The van der Waals surface area contributed by atoms with Crippen LogP contribution in [0.4, 0.5) is 0 Å². The highest BCUT2D eigenvalue weighted by Crippen LogP contribution is 2.31. The molecule has 140 valence electrons. The fraction of sp³-hybridized carbons (Fsp3) is 0.333. The maximum Gasteiger partial charge on any atom is 0.313 e. The molecule has 0 saturated heterocycles. The number of fused-ring (bicyclic) bond motifs is 1. The van der Waals surface area contributed by atoms with Crippen molar-refractivity contribution in [3.8, 4) is 5.75 Å². The van der Waals surface area contributed by atoms with E-state index in [9.17, 15) is 9.59 Å². The van der Waals surface area contributed by atoms with E-state index >= 15 is 0 Å². The third-order valence-electron chi connectivity index (χ3n) is 4.76. The molecule has 1 aliphatic heterocycles. The molecule has 2 aromatic rings. The molecule has 1 amide bonds. The van der Waals surface area contributed by atoms with Crippen molar-refractivity contribution in [1.29, 1.82) is 0 Å². The molecule has 1 N–H and O–H groups in total. The van der Waals surface area contributed by atoms with E-state index in [1.165, 1.54) is 0 Å². The van der Waals surface area contributed by atoms with E-state index in [-0.39, 0.29) is 18.6 Å². The molecule has 1 fully saturated rings. The minimum absolute atomic E-state index is 0.189. The first-order valence-electron chi connectivity index (χ1n) is 9.07. The number of rotatable bonds is 5. The van der Waals surface area contributed by atoms with Crippen molar-refractivity contribution in [2.45, 2.75) is 31.4 Å². The molecule has 0 unspecified atom stereocenters. The second kappa shape index (κ2) is 7.61. The van der Waals surface area contributed by atoms with E-state index in [2.05, 4.69) is 5.32 Å². The molecule has 0 radical (unpaired) electrons. The monoisotopic (exact) mass is 385 g/mol. The highest BCUT2D eigenvalue weighted by Gasteiger charge is 2.34. The Morgan fingerprint density at radius 2 is 1.93 bits per heavy atom. The molecule has 0 spiro atoms. The second-order valence-corrected chi connectivity index (χ2v) is 7.41. The third kappa shape index (κ3) is 4.25. The van der Waals surface area contributed by atoms with Crippen molar-refractivity contribution in [2.24, 2.45) is 5.92 Å². The van der Waals surface area contributed by atoms with Crippen molar-refractivity contribution >= 4 is 23.5 Å². The molecule has 2 aromatic carbocycles. The molecule has 2 aliphatic rings. The Balaban J connectivity index is 1.49. The molecular formula is C21H20ClNO4. The molecule has 5 nitrogen and oxygen atoms in total. The average Bonchev–Trinajstić information content (AvgIpc) is 3.49. The van der Waals surface area contributed by atoms with Gasteiger partial charge in [-0.1, -0.05) is 41.9 Å². The summed E-state index contributed by atoms with van der Waals surface area (Å²) in [6.45, 7) is 0.221. The summed E-state index contributed by atoms with van der Waals surface area (Å²) in [6, 6.07) is 14.6. The van der Waals surface area contributed by atoms with Gasteiger partial charge in [-0.05, 0) is 43.0 Å². The van der Waals surface area contributed by atoms with Gasteiger partial charge in [0.15, 0.2) is 0 Å². The lowest BCUT2D eigenvalue weighted by atomic mass is 9.96. The zero-order valence-corrected chi connectivity index (χ0v) is 15.4. The number of benzene rings is 2. The SMILES string of the molecule is O=C(O[C@H](C(=O)NC1CC1)c1ccccc1)[C@@H]1COc2ccc(Cl)cc2C1. The molecule has 1 heterocycles. The first-order valence-corrected chi connectivity index (χ1v) is 9.45. The number of ether oxygens (including phenoxy) is 2. The van der Waals surface area contributed by atoms with Gasteiger partial charge in [-0.25, -0.2) is 0 Å². The van der Waals surface area contributed by atoms with E-state index in [1.807, 2.05) is 18.2 Å². The van der Waals surface area contributed by atoms with E-state index in [1.54, 1.807) is 30.3 Å². The van der Waals surface area contributed by atoms with Crippen molar-refractivity contribution in [3.63, 3.8) is 0 Å². The van der Waals surface area contributed by atoms with Gasteiger partial charge < -0.3 is 14.8 Å². The summed E-state index contributed by atoms with van der Waals surface area (Å²) in [5.74, 6) is -0.469. The number of amides is 1. The maximum absolute atomic E-state index is 12.8. The van der Waals surface area contributed by atoms with Crippen LogP contribution in [-0.2, 0) is 20.7 Å². The van der Waals surface area contributed by atoms with Crippen molar-refractivity contribution in [3.05, 3.63) is 64.7 Å². The van der Waals surface area contributed by atoms with Crippen LogP contribution < -0.4 is 10.1 Å². The standard InChI is InChI=1S/C21H20ClNO4/c22-16-6-9-18-14(11-16)10-15(12-26-18)21(25)27-19(13-4-2-1-3-5-13)20(24)23-17-7-8-17/h1-6,9,11,15,17,19H,7-8,10,12H2,(H,23,24)/t15-,19-/m0/s1. The summed E-state index contributed by atoms with van der Waals surface area (Å²) in [7, 11) is 0. The number of hydrogen-bond acceptors (Lipinski definition) is 4. The molecule has 4 rings (SSSR count). The fourth-order valence-electron chi connectivity index (χ4n) is 3.13. The van der Waals surface area contributed by atoms with Gasteiger partial charge in [-0.3, -0.25) is 9.59 Å². The number of hydrogen-bond donors (Lipinski definition) is 1. The lowest BCUT2D eigenvalue weighted by molar-refractivity contribution is -0.161. The Kier molecular flexibility index (Phi) is 5.03. The van der Waals surface area contributed by atoms with Crippen LogP contribution >= 0.6 is 11.6 Å². The van der Waals surface area contributed by atoms with Crippen LogP contribution in [0.15, 0.2) is 48.5 Å². The Morgan fingerprint density at radius 1 is 1.15 bits per heavy atom. The van der Waals surface area contributed by atoms with Crippen molar-refractivity contribution < 1.29 is 19.1 Å². The van der Waals surface area contributed by atoms with Crippen molar-refractivity contribution in [2.75, 3.05) is 6.61 Å². The van der Waals surface area contributed by atoms with Gasteiger partial charge in [0.2, 0.25) is 6.10 Å². The predicted octanol–water partition coefficient (Wildman–Crippen LogP) is 3.45. The second-order valence-electron chi connectivity index (χ2n) is 6.97. The zero-order chi connectivity index (χ0) is 18.8. The van der Waals surface area contributed by atoms with Crippen LogP contribution in [0.2, 0.25) is 5.02 Å². The fourth-order valence-corrected chi connectivity index (χ4v) is 3.33. The summed E-state index contributed by atoms with van der Waals surface area (Å²) >= 11 is 6.04. The first-order chi connectivity index (χ1) is 13.1. The van der Waals surface area contributed by atoms with E-state index in [4.69, 9.17) is 21.1 Å². The minimum atomic E-state index is -0.958. The summed E-state index contributed by atoms with van der Waals surface area (Å²) in [5.41, 5.74) is 1.53. The van der Waals surface area contributed by atoms with Gasteiger partial charge >= 0.3 is 5.97 Å². The summed E-state index contributed by atoms with van der Waals surface area (Å²) in [6.07, 6.45) is 1.45. The molecule has 1 aliphatic carbocycles. The first kappa shape index (κ1) is 17.9. The summed E-state index contributed by atoms with van der Waals surface area (Å²) in [5, 5.41) is 3.51. The average molecular weight is 386 g/mol. The Labute approximate surface area is 162 Å². The quantitative estimate of drug-likeness (QED) is 0.800. The normalized spacial score (nSPS) is 19.4. The highest BCUT2D eigenvalue weighted by atomic mass is 35.5. The van der Waals surface area contributed by atoms with Crippen LogP contribution in [0.25, 0.3) is 0 Å². The Bertz CT molecular complexity index is 851. The summed E-state index contributed by atoms with van der Waals surface area (Å²) in [4.78, 5) is 25.4. The van der Waals surface area contributed by atoms with E-state index in [0.717, 1.165) is 24.2 Å². The molecule has 2 atom stereocenters. The van der Waals surface area contributed by atoms with Crippen LogP contribution in [0, 0.1) is 5.92 Å². The predicted molar refractivity (Wildman–Crippen MR) is 101 cm³/mol. The molecule has 0 aromatic heterocycles. The maximum atomic E-state index is 12.8. The minimum Gasteiger partial charge on any atom is -0.492 e. The zero-order valence-electron chi connectivity index (χ0n) is 14.7. The van der Waals surface area contributed by atoms with Gasteiger partial charge in [0.25, 0.3) is 5.91 Å². The lowest BCUT2D eigenvalue weighted by Gasteiger charge is -2.26. The van der Waals surface area contributed by atoms with Crippen molar-refractivity contribution in [1.82, 2.24) is 5.32 Å². The molecule has 1 saturated carbocycles. The van der Waals surface area contributed by atoms with Crippen LogP contribution in [0.3, 0.4) is 0 Å². The topological polar surface area (TPSA) is 64.6 Å². The number of esters is 1. The molecule has 6 heteroatoms. The number of nitrogens with one attached hydrogen (secondary N) is 1. The number of halogens is 1. The Morgan fingerprint density at radius 3 is 2.67 bits per heavy atom. The smallest absolute Gasteiger partial charge is 0.313 e. The number of carbonyl (C=O) groups is 2. The third-order valence-corrected chi connectivity index (χ3v) is 5.00. The van der Waals surface area contributed by atoms with Crippen LogP contribution in [-0.4, -0.2) is 24.5 Å². The lowest BCUT2D eigenvalue weighted by Crippen LogP contribution is -2.37. The van der Waals surface area contributed by atoms with Crippen LogP contribution in [0.1, 0.15) is 30.1 Å². The molecule has 27 heavy (non-hydrogen) atoms. The summed E-state index contributed by atoms with van der Waals surface area (Å²) < 4.78 is 11.3. The molecular weight excluding hydrogens is 366 g/mol. The van der Waals surface area contributed by atoms with Gasteiger partial charge in [-0.2, -0.15) is 0 Å². The van der Waals surface area contributed by atoms with E-state index in [0.29, 0.717) is 17.0 Å². The van der Waals surface area contributed by atoms with Gasteiger partial charge in [0.1, 0.15) is 12.4 Å². The number of carbonyl (C=O) groups excluding carboxylic acids is 2. The van der Waals surface area contributed by atoms with Gasteiger partial charge in [-0.15, -0.1) is 0 Å². The van der Waals surface area contributed by atoms with Crippen LogP contribution in [0.5, 0.6) is 5.75 Å². The molecule has 0 bridgehead atoms. The largest absolute Gasteiger partial charge is 0.492 e. The van der Waals surface area contributed by atoms with Gasteiger partial charge in [0.05, 0.1) is 5.92 Å².